The molecule has 19 rings (SSSR count). The van der Waals surface area contributed by atoms with Crippen molar-refractivity contribution in [2.45, 2.75) is 152 Å². The SMILES string of the molecule is c1ccc(-c2c3c4cccc5c6cc(N(c7ccc(C8CCCCC8)cc7)c7ccc(C8CCCCC8)cc7)ccc6n(c3c(-c3ccccc3)c3c6cccc7c8cc(N(c9ccc(C%10CCCCC%10)cc9)c9ccc(C%10CCCCC%10)cc9)ccc8n(c23)c76)c54)cc1. The number of benzene rings is 11. The first-order chi connectivity index (χ1) is 46.7. The van der Waals surface area contributed by atoms with E-state index in [1.807, 2.05) is 0 Å². The van der Waals surface area contributed by atoms with Gasteiger partial charge in [-0.25, -0.2) is 0 Å². The first kappa shape index (κ1) is 56.2. The van der Waals surface area contributed by atoms with Crippen molar-refractivity contribution in [2.75, 3.05) is 9.80 Å². The second kappa shape index (κ2) is 23.3. The number of nitrogens with zero attached hydrogens (tertiary/aromatic N) is 4. The fraction of sp³-hybridized carbons (Fsp3) is 0.267. The Morgan fingerprint density at radius 3 is 0.830 bits per heavy atom. The van der Waals surface area contributed by atoms with Gasteiger partial charge in [-0.3, -0.25) is 0 Å². The molecule has 0 aliphatic heterocycles. The zero-order valence-corrected chi connectivity index (χ0v) is 54.2. The maximum absolute atomic E-state index is 2.67. The Morgan fingerprint density at radius 2 is 0.521 bits per heavy atom. The molecule has 4 saturated carbocycles. The molecule has 4 heterocycles. The highest BCUT2D eigenvalue weighted by Gasteiger charge is 2.32. The van der Waals surface area contributed by atoms with Gasteiger partial charge in [0.05, 0.1) is 33.1 Å². The molecule has 4 aromatic heterocycles. The number of para-hydroxylation sites is 2. The molecule has 4 heteroatoms. The lowest BCUT2D eigenvalue weighted by atomic mass is 9.84. The van der Waals surface area contributed by atoms with Gasteiger partial charge in [-0.1, -0.05) is 223 Å². The Balaban J connectivity index is 0.827. The van der Waals surface area contributed by atoms with E-state index in [4.69, 9.17) is 0 Å². The van der Waals surface area contributed by atoms with Crippen LogP contribution in [0, 0.1) is 0 Å². The summed E-state index contributed by atoms with van der Waals surface area (Å²) in [6, 6.07) is 90.5. The van der Waals surface area contributed by atoms with Crippen LogP contribution in [0.3, 0.4) is 0 Å². The van der Waals surface area contributed by atoms with Crippen LogP contribution < -0.4 is 9.80 Å². The number of fused-ring (bicyclic) bond motifs is 12. The summed E-state index contributed by atoms with van der Waals surface area (Å²) < 4.78 is 5.35. The van der Waals surface area contributed by atoms with Crippen LogP contribution in [0.2, 0.25) is 0 Å². The lowest BCUT2D eigenvalue weighted by Gasteiger charge is -2.28. The van der Waals surface area contributed by atoms with Gasteiger partial charge in [-0.05, 0) is 193 Å². The summed E-state index contributed by atoms with van der Waals surface area (Å²) in [6.07, 6.45) is 26.5. The Bertz CT molecular complexity index is 4790. The minimum absolute atomic E-state index is 0.654. The molecular weight excluding hydrogens is 1140 g/mol. The van der Waals surface area contributed by atoms with E-state index in [0.29, 0.717) is 23.7 Å². The molecule has 4 fully saturated rings. The largest absolute Gasteiger partial charge is 0.310 e. The number of hydrogen-bond donors (Lipinski definition) is 0. The van der Waals surface area contributed by atoms with Crippen LogP contribution >= 0.6 is 0 Å². The molecule has 0 saturated heterocycles. The molecule has 4 aliphatic carbocycles. The topological polar surface area (TPSA) is 15.3 Å². The van der Waals surface area contributed by atoms with Crippen LogP contribution in [0.5, 0.6) is 0 Å². The average molecular weight is 1220 g/mol. The fourth-order valence-corrected chi connectivity index (χ4v) is 18.9. The van der Waals surface area contributed by atoms with E-state index in [9.17, 15) is 0 Å². The Morgan fingerprint density at radius 1 is 0.234 bits per heavy atom. The molecule has 0 amide bonds. The molecule has 15 aromatic rings. The van der Waals surface area contributed by atoms with Gasteiger partial charge in [0.2, 0.25) is 0 Å². The Labute approximate surface area is 552 Å². The quantitative estimate of drug-likeness (QED) is 0.121. The standard InChI is InChI=1S/C90H82N4/c1-7-21-59(22-8-1)63-37-45-69(46-38-63)91(70-47-39-64(40-48-70)60-23-9-2-10-24-60)73-53-55-81-79(57-73)75-33-19-35-77-85-84(68-31-17-6-18-32-68)90-86(83(67-29-15-5-16-30-67)89(85)93(81)87(75)77)78-36-20-34-76-80-58-74(54-56-82(80)94(90)88(76)78)92(71-49-41-65(42-50-71)61-25-11-3-12-26-61)72-51-43-66(44-52-72)62-27-13-4-14-28-62/h5-6,15-20,29-62H,1-4,7-14,21-28H2. The third-order valence-electron chi connectivity index (χ3n) is 23.5. The van der Waals surface area contributed by atoms with Crippen LogP contribution in [-0.2, 0) is 0 Å². The zero-order chi connectivity index (χ0) is 61.8. The summed E-state index contributed by atoms with van der Waals surface area (Å²) in [5.41, 5.74) is 25.7. The van der Waals surface area contributed by atoms with E-state index in [-0.39, 0.29) is 0 Å². The third kappa shape index (κ3) is 9.20. The minimum Gasteiger partial charge on any atom is -0.310 e. The first-order valence-corrected chi connectivity index (χ1v) is 36.2. The average Bonchev–Trinajstić information content (AvgIpc) is 1.50. The van der Waals surface area contributed by atoms with Gasteiger partial charge in [0, 0.05) is 88.3 Å². The number of hydrogen-bond acceptors (Lipinski definition) is 2. The molecule has 94 heavy (non-hydrogen) atoms. The molecule has 0 bridgehead atoms. The van der Waals surface area contributed by atoms with Crippen molar-refractivity contribution < 1.29 is 0 Å². The maximum atomic E-state index is 2.67. The fourth-order valence-electron chi connectivity index (χ4n) is 18.9. The van der Waals surface area contributed by atoms with Crippen molar-refractivity contribution in [3.63, 3.8) is 0 Å². The smallest absolute Gasteiger partial charge is 0.0634 e. The Kier molecular flexibility index (Phi) is 13.9. The van der Waals surface area contributed by atoms with E-state index < -0.39 is 0 Å². The molecule has 11 aromatic carbocycles. The predicted molar refractivity (Wildman–Crippen MR) is 399 cm³/mol. The number of rotatable bonds is 12. The van der Waals surface area contributed by atoms with E-state index in [1.165, 1.54) is 283 Å². The van der Waals surface area contributed by atoms with E-state index >= 15 is 0 Å². The third-order valence-corrected chi connectivity index (χ3v) is 23.5. The van der Waals surface area contributed by atoms with Crippen LogP contribution in [0.4, 0.5) is 34.1 Å². The van der Waals surface area contributed by atoms with Crippen molar-refractivity contribution in [3.8, 4) is 22.3 Å². The van der Waals surface area contributed by atoms with Gasteiger partial charge < -0.3 is 18.6 Å². The van der Waals surface area contributed by atoms with E-state index in [0.717, 1.165) is 0 Å². The second-order valence-corrected chi connectivity index (χ2v) is 28.8. The monoisotopic (exact) mass is 1220 g/mol. The van der Waals surface area contributed by atoms with Crippen molar-refractivity contribution >= 4 is 110 Å². The van der Waals surface area contributed by atoms with Gasteiger partial charge >= 0.3 is 0 Å². The van der Waals surface area contributed by atoms with Crippen molar-refractivity contribution in [2.24, 2.45) is 0 Å². The highest BCUT2D eigenvalue weighted by molar-refractivity contribution is 6.38. The van der Waals surface area contributed by atoms with Crippen molar-refractivity contribution in [1.82, 2.24) is 8.80 Å². The first-order valence-electron chi connectivity index (χ1n) is 36.2. The van der Waals surface area contributed by atoms with Crippen molar-refractivity contribution in [3.05, 3.63) is 253 Å². The lowest BCUT2D eigenvalue weighted by Crippen LogP contribution is -2.11. The van der Waals surface area contributed by atoms with Crippen molar-refractivity contribution in [1.29, 1.82) is 0 Å². The molecule has 0 atom stereocenters. The molecule has 0 unspecified atom stereocenters. The molecule has 4 aliphatic rings. The lowest BCUT2D eigenvalue weighted by molar-refractivity contribution is 0.443. The molecule has 4 nitrogen and oxygen atoms in total. The predicted octanol–water partition coefficient (Wildman–Crippen LogP) is 26.5. The van der Waals surface area contributed by atoms with Crippen LogP contribution in [0.25, 0.3) is 98.4 Å². The highest BCUT2D eigenvalue weighted by atomic mass is 15.1. The van der Waals surface area contributed by atoms with E-state index in [1.54, 1.807) is 0 Å². The summed E-state index contributed by atoms with van der Waals surface area (Å²) in [5.74, 6) is 2.62. The summed E-state index contributed by atoms with van der Waals surface area (Å²) >= 11 is 0. The van der Waals surface area contributed by atoms with E-state index in [2.05, 4.69) is 249 Å². The second-order valence-electron chi connectivity index (χ2n) is 28.8. The summed E-state index contributed by atoms with van der Waals surface area (Å²) in [7, 11) is 0. The molecule has 0 spiro atoms. The van der Waals surface area contributed by atoms with Gasteiger partial charge in [0.25, 0.3) is 0 Å². The summed E-state index contributed by atoms with van der Waals surface area (Å²) in [4.78, 5) is 5.06. The minimum atomic E-state index is 0.654. The Hall–Kier alpha value is -9.38. The summed E-state index contributed by atoms with van der Waals surface area (Å²) in [6.45, 7) is 0. The normalized spacial score (nSPS) is 16.8. The number of aromatic nitrogens is 2. The molecule has 462 valence electrons. The zero-order valence-electron chi connectivity index (χ0n) is 54.2. The maximum Gasteiger partial charge on any atom is 0.0634 e. The van der Waals surface area contributed by atoms with Gasteiger partial charge in [0.1, 0.15) is 0 Å². The van der Waals surface area contributed by atoms with Crippen LogP contribution in [0.15, 0.2) is 231 Å². The molecular formula is C90H82N4. The molecule has 0 N–H and O–H groups in total. The van der Waals surface area contributed by atoms with Gasteiger partial charge in [0.15, 0.2) is 0 Å². The van der Waals surface area contributed by atoms with Crippen LogP contribution in [0.1, 0.15) is 174 Å². The summed E-state index contributed by atoms with van der Waals surface area (Å²) in [5, 5.41) is 10.3. The van der Waals surface area contributed by atoms with Gasteiger partial charge in [-0.2, -0.15) is 0 Å². The number of anilines is 6. The van der Waals surface area contributed by atoms with Gasteiger partial charge in [-0.15, -0.1) is 0 Å². The molecule has 0 radical (unpaired) electrons. The van der Waals surface area contributed by atoms with Crippen LogP contribution in [-0.4, -0.2) is 8.80 Å². The highest BCUT2D eigenvalue weighted by Crippen LogP contribution is 2.55.